The number of ether oxygens (including phenoxy) is 1. The van der Waals surface area contributed by atoms with Gasteiger partial charge in [0.05, 0.1) is 0 Å². The molecule has 0 radical (unpaired) electrons. The highest BCUT2D eigenvalue weighted by atomic mass is 16.5. The minimum absolute atomic E-state index is 0.913. The quantitative estimate of drug-likeness (QED) is 0.627. The van der Waals surface area contributed by atoms with Crippen molar-refractivity contribution in [3.63, 3.8) is 0 Å². The number of rotatable bonds is 4. The van der Waals surface area contributed by atoms with Gasteiger partial charge in [0.15, 0.2) is 0 Å². The van der Waals surface area contributed by atoms with E-state index < -0.39 is 0 Å². The summed E-state index contributed by atoms with van der Waals surface area (Å²) in [5.41, 5.74) is 0. The molecule has 13 heavy (non-hydrogen) atoms. The summed E-state index contributed by atoms with van der Waals surface area (Å²) in [7, 11) is 1.77. The Hall–Kier alpha value is -0.0800. The van der Waals surface area contributed by atoms with Gasteiger partial charge in [0.25, 0.3) is 0 Å². The average Bonchev–Trinajstić information content (AvgIpc) is 2.59. The van der Waals surface area contributed by atoms with Gasteiger partial charge in [-0.15, -0.1) is 0 Å². The third-order valence-electron chi connectivity index (χ3n) is 2.02. The molecular formula is C11H25NO. The lowest BCUT2D eigenvalue weighted by molar-refractivity contribution is 0.179. The third kappa shape index (κ3) is 8.26. The molecule has 80 valence electrons. The van der Waals surface area contributed by atoms with Gasteiger partial charge in [0.2, 0.25) is 0 Å². The van der Waals surface area contributed by atoms with Crippen LogP contribution in [0.15, 0.2) is 0 Å². The van der Waals surface area contributed by atoms with Crippen molar-refractivity contribution >= 4 is 0 Å². The Kier molecular flexibility index (Phi) is 9.94. The summed E-state index contributed by atoms with van der Waals surface area (Å²) < 4.78 is 4.97. The summed E-state index contributed by atoms with van der Waals surface area (Å²) in [4.78, 5) is 2.51. The van der Waals surface area contributed by atoms with Gasteiger partial charge in [-0.25, -0.2) is 0 Å². The zero-order valence-electron chi connectivity index (χ0n) is 9.51. The second-order valence-corrected chi connectivity index (χ2v) is 3.60. The fourth-order valence-corrected chi connectivity index (χ4v) is 1.44. The van der Waals surface area contributed by atoms with Crippen molar-refractivity contribution in [1.29, 1.82) is 0 Å². The lowest BCUT2D eigenvalue weighted by atomic mass is 10.4. The summed E-state index contributed by atoms with van der Waals surface area (Å²) >= 11 is 0. The summed E-state index contributed by atoms with van der Waals surface area (Å²) in [5, 5.41) is 0. The Morgan fingerprint density at radius 2 is 1.69 bits per heavy atom. The molecule has 1 saturated heterocycles. The van der Waals surface area contributed by atoms with Crippen LogP contribution in [0.3, 0.4) is 0 Å². The Morgan fingerprint density at radius 3 is 2.15 bits per heavy atom. The fraction of sp³-hybridized carbons (Fsp3) is 1.00. The predicted molar refractivity (Wildman–Crippen MR) is 58.1 cm³/mol. The molecule has 0 atom stereocenters. The second kappa shape index (κ2) is 10.0. The van der Waals surface area contributed by atoms with Crippen molar-refractivity contribution in [3.05, 3.63) is 0 Å². The molecule has 0 bridgehead atoms. The van der Waals surface area contributed by atoms with Gasteiger partial charge in [0, 0.05) is 20.3 Å². The Bertz CT molecular complexity index is 90.1. The monoisotopic (exact) mass is 187 g/mol. The topological polar surface area (TPSA) is 12.5 Å². The van der Waals surface area contributed by atoms with Gasteiger partial charge in [0.1, 0.15) is 0 Å². The lowest BCUT2D eigenvalue weighted by Crippen LogP contribution is -2.21. The van der Waals surface area contributed by atoms with Crippen LogP contribution in [0.1, 0.15) is 39.5 Å². The maximum atomic E-state index is 4.97. The van der Waals surface area contributed by atoms with Gasteiger partial charge in [-0.2, -0.15) is 0 Å². The van der Waals surface area contributed by atoms with Crippen LogP contribution >= 0.6 is 0 Å². The van der Waals surface area contributed by atoms with E-state index in [-0.39, 0.29) is 0 Å². The van der Waals surface area contributed by atoms with Crippen molar-refractivity contribution in [2.75, 3.05) is 33.4 Å². The summed E-state index contributed by atoms with van der Waals surface area (Å²) in [5.74, 6) is 0. The first-order valence-corrected chi connectivity index (χ1v) is 5.56. The zero-order valence-corrected chi connectivity index (χ0v) is 9.51. The highest BCUT2D eigenvalue weighted by Crippen LogP contribution is 2.06. The molecule has 0 unspecified atom stereocenters. The minimum atomic E-state index is 0.913. The van der Waals surface area contributed by atoms with Crippen LogP contribution in [0.5, 0.6) is 0 Å². The highest BCUT2D eigenvalue weighted by Gasteiger charge is 2.09. The Balaban J connectivity index is 0.000000424. The normalized spacial score (nSPS) is 16.8. The molecule has 0 aromatic rings. The van der Waals surface area contributed by atoms with E-state index in [1.807, 2.05) is 0 Å². The molecule has 0 spiro atoms. The molecule has 0 N–H and O–H groups in total. The van der Waals surface area contributed by atoms with Crippen LogP contribution in [-0.4, -0.2) is 38.3 Å². The maximum absolute atomic E-state index is 4.97. The largest absolute Gasteiger partial charge is 0.385 e. The van der Waals surface area contributed by atoms with Gasteiger partial charge in [-0.05, 0) is 32.4 Å². The molecule has 1 aliphatic rings. The average molecular weight is 187 g/mol. The van der Waals surface area contributed by atoms with Gasteiger partial charge < -0.3 is 9.64 Å². The van der Waals surface area contributed by atoms with E-state index in [1.165, 1.54) is 45.3 Å². The Morgan fingerprint density at radius 1 is 1.15 bits per heavy atom. The van der Waals surface area contributed by atoms with E-state index >= 15 is 0 Å². The van der Waals surface area contributed by atoms with Crippen LogP contribution < -0.4 is 0 Å². The van der Waals surface area contributed by atoms with E-state index in [0.717, 1.165) is 6.61 Å². The van der Waals surface area contributed by atoms with Crippen molar-refractivity contribution in [1.82, 2.24) is 4.90 Å². The number of methoxy groups -OCH3 is 1. The molecule has 0 aliphatic carbocycles. The van der Waals surface area contributed by atoms with Crippen LogP contribution in [0.25, 0.3) is 0 Å². The second-order valence-electron chi connectivity index (χ2n) is 3.60. The van der Waals surface area contributed by atoms with E-state index in [1.54, 1.807) is 7.11 Å². The first kappa shape index (κ1) is 12.9. The number of hydrogen-bond acceptors (Lipinski definition) is 2. The van der Waals surface area contributed by atoms with E-state index in [0.29, 0.717) is 0 Å². The Labute approximate surface area is 83.3 Å². The molecule has 1 heterocycles. The molecular weight excluding hydrogens is 162 g/mol. The van der Waals surface area contributed by atoms with Crippen molar-refractivity contribution in [3.8, 4) is 0 Å². The minimum Gasteiger partial charge on any atom is -0.385 e. The zero-order chi connectivity index (χ0) is 9.94. The lowest BCUT2D eigenvalue weighted by Gasteiger charge is -2.12. The third-order valence-corrected chi connectivity index (χ3v) is 2.02. The summed E-state index contributed by atoms with van der Waals surface area (Å²) in [6.45, 7) is 9.01. The molecule has 0 saturated carbocycles. The standard InChI is InChI=1S/C8H17NO.C3H8/c1-10-8-4-7-9-5-2-3-6-9;1-3-2/h2-8H2,1H3;3H2,1-2H3. The van der Waals surface area contributed by atoms with Gasteiger partial charge >= 0.3 is 0 Å². The molecule has 1 aliphatic heterocycles. The first-order valence-electron chi connectivity index (χ1n) is 5.56. The molecule has 0 amide bonds. The molecule has 1 fully saturated rings. The number of hydrogen-bond donors (Lipinski definition) is 0. The number of likely N-dealkylation sites (tertiary alicyclic amines) is 1. The number of nitrogens with zero attached hydrogens (tertiary/aromatic N) is 1. The summed E-state index contributed by atoms with van der Waals surface area (Å²) in [6.07, 6.45) is 5.23. The van der Waals surface area contributed by atoms with Crippen LogP contribution in [0, 0.1) is 0 Å². The predicted octanol–water partition coefficient (Wildman–Crippen LogP) is 2.54. The van der Waals surface area contributed by atoms with E-state index in [4.69, 9.17) is 4.74 Å². The van der Waals surface area contributed by atoms with Crippen molar-refractivity contribution in [2.45, 2.75) is 39.5 Å². The van der Waals surface area contributed by atoms with Crippen LogP contribution in [-0.2, 0) is 4.74 Å². The van der Waals surface area contributed by atoms with Crippen LogP contribution in [0.2, 0.25) is 0 Å². The SMILES string of the molecule is CCC.COCCCN1CCCC1. The summed E-state index contributed by atoms with van der Waals surface area (Å²) in [6, 6.07) is 0. The van der Waals surface area contributed by atoms with E-state index in [9.17, 15) is 0 Å². The smallest absolute Gasteiger partial charge is 0.0474 e. The first-order chi connectivity index (χ1) is 6.35. The molecule has 1 rings (SSSR count). The molecule has 2 nitrogen and oxygen atoms in total. The fourth-order valence-electron chi connectivity index (χ4n) is 1.44. The van der Waals surface area contributed by atoms with Crippen molar-refractivity contribution < 1.29 is 4.74 Å². The highest BCUT2D eigenvalue weighted by molar-refractivity contribution is 4.65. The van der Waals surface area contributed by atoms with E-state index in [2.05, 4.69) is 18.7 Å². The van der Waals surface area contributed by atoms with Crippen LogP contribution in [0.4, 0.5) is 0 Å². The molecule has 0 aromatic heterocycles. The molecule has 2 heteroatoms. The molecule has 0 aromatic carbocycles. The maximum Gasteiger partial charge on any atom is 0.0474 e. The van der Waals surface area contributed by atoms with Crippen molar-refractivity contribution in [2.24, 2.45) is 0 Å². The van der Waals surface area contributed by atoms with Gasteiger partial charge in [-0.3, -0.25) is 0 Å². The van der Waals surface area contributed by atoms with Gasteiger partial charge in [-0.1, -0.05) is 20.3 Å².